The maximum Gasteiger partial charge on any atom is 0.233 e. The second-order valence-electron chi connectivity index (χ2n) is 9.85. The number of anilines is 2. The average molecular weight is 572 g/mol. The number of nitrogens with zero attached hydrogens (tertiary/aromatic N) is 4. The van der Waals surface area contributed by atoms with Gasteiger partial charge in [-0.15, -0.1) is 12.4 Å². The van der Waals surface area contributed by atoms with Crippen molar-refractivity contribution in [1.82, 2.24) is 20.2 Å². The number of carbonyl (C=O) groups is 1. The van der Waals surface area contributed by atoms with Gasteiger partial charge in [0.05, 0.1) is 5.41 Å². The third-order valence-corrected chi connectivity index (χ3v) is 7.38. The van der Waals surface area contributed by atoms with Crippen molar-refractivity contribution in [3.63, 3.8) is 0 Å². The van der Waals surface area contributed by atoms with Crippen molar-refractivity contribution >= 4 is 57.5 Å². The molecule has 3 heterocycles. The van der Waals surface area contributed by atoms with E-state index in [1.54, 1.807) is 6.33 Å². The van der Waals surface area contributed by atoms with Gasteiger partial charge in [-0.1, -0.05) is 23.7 Å². The molecule has 2 N–H and O–H groups in total. The summed E-state index contributed by atoms with van der Waals surface area (Å²) in [4.78, 5) is 27.1. The molecule has 0 bridgehead atoms. The number of hydrogen-bond donors (Lipinski definition) is 2. The van der Waals surface area contributed by atoms with Crippen LogP contribution in [0.1, 0.15) is 39.2 Å². The zero-order valence-corrected chi connectivity index (χ0v) is 23.1. The van der Waals surface area contributed by atoms with E-state index in [0.717, 1.165) is 60.7 Å². The quantitative estimate of drug-likeness (QED) is 0.563. The number of carbonyl (C=O) groups excluding carboxylic acids is 1. The van der Waals surface area contributed by atoms with E-state index in [0.29, 0.717) is 18.1 Å². The smallest absolute Gasteiger partial charge is 0.233 e. The second-order valence-corrected chi connectivity index (χ2v) is 11.1. The van der Waals surface area contributed by atoms with Gasteiger partial charge < -0.3 is 20.4 Å². The van der Waals surface area contributed by atoms with E-state index < -0.39 is 5.41 Å². The Kier molecular flexibility index (Phi) is 8.71. The molecular weight excluding hydrogens is 539 g/mol. The molecule has 2 saturated heterocycles. The Morgan fingerprint density at radius 2 is 1.71 bits per heavy atom. The van der Waals surface area contributed by atoms with Gasteiger partial charge in [-0.05, 0) is 80.3 Å². The number of benzene rings is 1. The zero-order valence-electron chi connectivity index (χ0n) is 19.9. The fraction of sp³-hybridized carbons (Fsp3) is 0.542. The summed E-state index contributed by atoms with van der Waals surface area (Å²) in [7, 11) is 0. The molecule has 4 rings (SSSR count). The Bertz CT molecular complexity index is 984. The molecule has 0 aliphatic carbocycles. The second kappa shape index (κ2) is 11.0. The highest BCUT2D eigenvalue weighted by atomic mass is 79.9. The molecule has 0 saturated carbocycles. The monoisotopic (exact) mass is 570 g/mol. The lowest BCUT2D eigenvalue weighted by molar-refractivity contribution is -0.139. The third kappa shape index (κ3) is 5.78. The fourth-order valence-electron chi connectivity index (χ4n) is 4.70. The molecule has 10 heteroatoms. The first kappa shape index (κ1) is 27.0. The van der Waals surface area contributed by atoms with E-state index in [9.17, 15) is 4.79 Å². The van der Waals surface area contributed by atoms with Crippen LogP contribution in [0.4, 0.5) is 11.6 Å². The van der Waals surface area contributed by atoms with Crippen LogP contribution in [-0.2, 0) is 10.2 Å². The minimum atomic E-state index is -0.489. The summed E-state index contributed by atoms with van der Waals surface area (Å²) in [5.41, 5.74) is 0.471. The van der Waals surface area contributed by atoms with Gasteiger partial charge in [0, 0.05) is 36.7 Å². The van der Waals surface area contributed by atoms with E-state index in [-0.39, 0.29) is 23.9 Å². The van der Waals surface area contributed by atoms with Crippen molar-refractivity contribution in [2.24, 2.45) is 0 Å². The molecule has 2 aliphatic rings. The van der Waals surface area contributed by atoms with Gasteiger partial charge in [-0.2, -0.15) is 0 Å². The van der Waals surface area contributed by atoms with Crippen molar-refractivity contribution in [3.05, 3.63) is 45.7 Å². The number of halogens is 3. The van der Waals surface area contributed by atoms with Crippen LogP contribution in [0.3, 0.4) is 0 Å². The zero-order chi connectivity index (χ0) is 23.6. The van der Waals surface area contributed by atoms with E-state index in [1.807, 2.05) is 29.2 Å². The maximum absolute atomic E-state index is 13.9. The topological polar surface area (TPSA) is 73.4 Å². The lowest BCUT2D eigenvalue weighted by atomic mass is 9.72. The molecule has 0 radical (unpaired) electrons. The van der Waals surface area contributed by atoms with Crippen LogP contribution in [0.25, 0.3) is 0 Å². The Morgan fingerprint density at radius 3 is 2.29 bits per heavy atom. The molecular formula is C24H33BrCl2N6O. The Labute approximate surface area is 221 Å². The lowest BCUT2D eigenvalue weighted by Gasteiger charge is -2.43. The SMILES string of the molecule is CC(C)(C)Nc1ncnc(N2CCN(C(=O)C3(c4ccc(Cl)cc4)CCNCC3)CC2)c1Br.Cl. The van der Waals surface area contributed by atoms with Gasteiger partial charge in [0.2, 0.25) is 5.91 Å². The minimum Gasteiger partial charge on any atom is -0.364 e. The molecule has 34 heavy (non-hydrogen) atoms. The van der Waals surface area contributed by atoms with Gasteiger partial charge in [-0.25, -0.2) is 9.97 Å². The average Bonchev–Trinajstić information content (AvgIpc) is 2.80. The molecule has 0 atom stereocenters. The number of hydrogen-bond acceptors (Lipinski definition) is 6. The van der Waals surface area contributed by atoms with Crippen molar-refractivity contribution in [3.8, 4) is 0 Å². The first-order chi connectivity index (χ1) is 15.7. The molecule has 2 fully saturated rings. The van der Waals surface area contributed by atoms with Gasteiger partial charge in [0.15, 0.2) is 0 Å². The Balaban J connectivity index is 0.00000324. The minimum absolute atomic E-state index is 0. The Morgan fingerprint density at radius 1 is 1.09 bits per heavy atom. The van der Waals surface area contributed by atoms with E-state index >= 15 is 0 Å². The van der Waals surface area contributed by atoms with Crippen LogP contribution in [-0.4, -0.2) is 65.6 Å². The number of piperidine rings is 1. The van der Waals surface area contributed by atoms with Crippen molar-refractivity contribution < 1.29 is 4.79 Å². The summed E-state index contributed by atoms with van der Waals surface area (Å²) in [5, 5.41) is 7.52. The van der Waals surface area contributed by atoms with Crippen LogP contribution < -0.4 is 15.5 Å². The molecule has 2 aromatic rings. The lowest BCUT2D eigenvalue weighted by Crippen LogP contribution is -2.57. The van der Waals surface area contributed by atoms with Gasteiger partial charge in [-0.3, -0.25) is 4.79 Å². The predicted octanol–water partition coefficient (Wildman–Crippen LogP) is 4.49. The Hall–Kier alpha value is -1.61. The van der Waals surface area contributed by atoms with Gasteiger partial charge in [0.1, 0.15) is 22.4 Å². The summed E-state index contributed by atoms with van der Waals surface area (Å²) in [6.07, 6.45) is 3.19. The largest absolute Gasteiger partial charge is 0.364 e. The first-order valence-electron chi connectivity index (χ1n) is 11.5. The van der Waals surface area contributed by atoms with E-state index in [4.69, 9.17) is 11.6 Å². The molecule has 0 unspecified atom stereocenters. The predicted molar refractivity (Wildman–Crippen MR) is 144 cm³/mol. The molecule has 186 valence electrons. The molecule has 0 spiro atoms. The van der Waals surface area contributed by atoms with E-state index in [1.165, 1.54) is 0 Å². The normalized spacial score (nSPS) is 18.3. The van der Waals surface area contributed by atoms with Crippen LogP contribution in [0.2, 0.25) is 5.02 Å². The molecule has 1 amide bonds. The fourth-order valence-corrected chi connectivity index (χ4v) is 5.38. The van der Waals surface area contributed by atoms with Crippen molar-refractivity contribution in [2.45, 2.75) is 44.6 Å². The van der Waals surface area contributed by atoms with Gasteiger partial charge >= 0.3 is 0 Å². The molecule has 7 nitrogen and oxygen atoms in total. The standard InChI is InChI=1S/C24H32BrClN6O.ClH/c1-23(2,3)30-20-19(25)21(29-16-28-20)31-12-14-32(15-13-31)22(33)24(8-10-27-11-9-24)17-4-6-18(26)7-5-17;/h4-7,16,27H,8-15H2,1-3H3,(H,28,29,30);1H. The van der Waals surface area contributed by atoms with Crippen LogP contribution in [0, 0.1) is 0 Å². The van der Waals surface area contributed by atoms with Crippen LogP contribution in [0.5, 0.6) is 0 Å². The van der Waals surface area contributed by atoms with Crippen LogP contribution in [0.15, 0.2) is 35.1 Å². The number of aromatic nitrogens is 2. The number of rotatable bonds is 4. The molecule has 2 aliphatic heterocycles. The summed E-state index contributed by atoms with van der Waals surface area (Å²) in [6.45, 7) is 10.8. The number of nitrogens with one attached hydrogen (secondary N) is 2. The highest BCUT2D eigenvalue weighted by molar-refractivity contribution is 9.10. The summed E-state index contributed by atoms with van der Waals surface area (Å²) < 4.78 is 0.857. The molecule has 1 aromatic heterocycles. The number of amides is 1. The highest BCUT2D eigenvalue weighted by Gasteiger charge is 2.44. The summed E-state index contributed by atoms with van der Waals surface area (Å²) in [5.74, 6) is 1.86. The van der Waals surface area contributed by atoms with Crippen LogP contribution >= 0.6 is 39.9 Å². The molecule has 1 aromatic carbocycles. The van der Waals surface area contributed by atoms with Gasteiger partial charge in [0.25, 0.3) is 0 Å². The highest BCUT2D eigenvalue weighted by Crippen LogP contribution is 2.37. The summed E-state index contributed by atoms with van der Waals surface area (Å²) >= 11 is 9.82. The first-order valence-corrected chi connectivity index (χ1v) is 12.7. The third-order valence-electron chi connectivity index (χ3n) is 6.39. The maximum atomic E-state index is 13.9. The number of piperazine rings is 1. The van der Waals surface area contributed by atoms with E-state index in [2.05, 4.69) is 62.2 Å². The van der Waals surface area contributed by atoms with Crippen molar-refractivity contribution in [2.75, 3.05) is 49.5 Å². The summed E-state index contributed by atoms with van der Waals surface area (Å²) in [6, 6.07) is 7.82. The van der Waals surface area contributed by atoms with Crippen molar-refractivity contribution in [1.29, 1.82) is 0 Å².